The summed E-state index contributed by atoms with van der Waals surface area (Å²) >= 11 is 0. The molecule has 4 nitrogen and oxygen atoms in total. The van der Waals surface area contributed by atoms with Crippen LogP contribution in [0.15, 0.2) is 0 Å². The van der Waals surface area contributed by atoms with Crippen molar-refractivity contribution >= 4 is 10.1 Å². The molecule has 0 aromatic carbocycles. The van der Waals surface area contributed by atoms with Gasteiger partial charge in [-0.05, 0) is 13.0 Å². The highest BCUT2D eigenvalue weighted by molar-refractivity contribution is 7.85. The first-order valence-electron chi connectivity index (χ1n) is 4.76. The largest absolute Gasteiger partial charge is 0.290 e. The number of nitrogens with zero attached hydrogens (tertiary/aromatic N) is 1. The van der Waals surface area contributed by atoms with E-state index in [4.69, 9.17) is 10.6 Å². The molecule has 0 aromatic heterocycles. The van der Waals surface area contributed by atoms with Gasteiger partial charge in [0.05, 0.1) is 19.4 Å². The normalized spacial score (nSPS) is 14.2. The summed E-state index contributed by atoms with van der Waals surface area (Å²) in [7, 11) is -1.52. The van der Waals surface area contributed by atoms with Gasteiger partial charge in [0.25, 0.3) is 10.1 Å². The standard InChI is InChI=1S/C10H19NO3S/c1-6-7-11(4)10(9(2)3)8-14-15(5,12)13/h1,9-10H,7-8H2,2-5H3. The lowest BCUT2D eigenvalue weighted by molar-refractivity contribution is 0.141. The molecule has 0 bridgehead atoms. The Balaban J connectivity index is 4.36. The maximum atomic E-state index is 10.9. The second-order valence-corrected chi connectivity index (χ2v) is 5.56. The molecule has 0 radical (unpaired) electrons. The summed E-state index contributed by atoms with van der Waals surface area (Å²) in [5.41, 5.74) is 0. The van der Waals surface area contributed by atoms with E-state index in [9.17, 15) is 8.42 Å². The van der Waals surface area contributed by atoms with Crippen LogP contribution < -0.4 is 0 Å². The van der Waals surface area contributed by atoms with E-state index in [1.54, 1.807) is 0 Å². The molecule has 5 heteroatoms. The Hall–Kier alpha value is -0.570. The van der Waals surface area contributed by atoms with Crippen LogP contribution in [0.1, 0.15) is 13.8 Å². The van der Waals surface area contributed by atoms with Gasteiger partial charge in [-0.25, -0.2) is 0 Å². The van der Waals surface area contributed by atoms with E-state index < -0.39 is 10.1 Å². The fourth-order valence-electron chi connectivity index (χ4n) is 1.28. The zero-order valence-corrected chi connectivity index (χ0v) is 10.5. The Morgan fingerprint density at radius 3 is 2.33 bits per heavy atom. The highest BCUT2D eigenvalue weighted by atomic mass is 32.2. The van der Waals surface area contributed by atoms with Crippen LogP contribution in [-0.2, 0) is 14.3 Å². The van der Waals surface area contributed by atoms with Gasteiger partial charge in [-0.3, -0.25) is 9.08 Å². The van der Waals surface area contributed by atoms with Gasteiger partial charge >= 0.3 is 0 Å². The Bertz CT molecular complexity index is 316. The first-order valence-corrected chi connectivity index (χ1v) is 6.57. The second kappa shape index (κ2) is 6.11. The van der Waals surface area contributed by atoms with Crippen LogP contribution in [0.5, 0.6) is 0 Å². The average molecular weight is 233 g/mol. The maximum absolute atomic E-state index is 10.9. The van der Waals surface area contributed by atoms with E-state index in [2.05, 4.69) is 5.92 Å². The number of rotatable bonds is 6. The first kappa shape index (κ1) is 14.4. The third kappa shape index (κ3) is 6.50. The zero-order valence-electron chi connectivity index (χ0n) is 9.73. The summed E-state index contributed by atoms with van der Waals surface area (Å²) in [6.07, 6.45) is 6.25. The molecule has 88 valence electrons. The molecule has 0 saturated heterocycles. The SMILES string of the molecule is C#CCN(C)C(COS(C)(=O)=O)C(C)C. The van der Waals surface area contributed by atoms with Crippen molar-refractivity contribution in [3.05, 3.63) is 0 Å². The van der Waals surface area contributed by atoms with Crippen LogP contribution in [0.3, 0.4) is 0 Å². The van der Waals surface area contributed by atoms with E-state index in [1.165, 1.54) is 0 Å². The van der Waals surface area contributed by atoms with Gasteiger partial charge in [0, 0.05) is 6.04 Å². The third-order valence-electron chi connectivity index (χ3n) is 2.13. The smallest absolute Gasteiger partial charge is 0.264 e. The molecule has 0 aliphatic heterocycles. The molecule has 0 N–H and O–H groups in total. The Morgan fingerprint density at radius 1 is 1.47 bits per heavy atom. The van der Waals surface area contributed by atoms with Crippen molar-refractivity contribution in [3.63, 3.8) is 0 Å². The van der Waals surface area contributed by atoms with Crippen LogP contribution in [0.4, 0.5) is 0 Å². The Labute approximate surface area is 92.7 Å². The minimum absolute atomic E-state index is 0.00998. The van der Waals surface area contributed by atoms with E-state index in [1.807, 2.05) is 25.8 Å². The zero-order chi connectivity index (χ0) is 12.1. The molecule has 1 atom stereocenters. The van der Waals surface area contributed by atoms with Crippen molar-refractivity contribution in [2.24, 2.45) is 5.92 Å². The van der Waals surface area contributed by atoms with Crippen molar-refractivity contribution < 1.29 is 12.6 Å². The molecule has 15 heavy (non-hydrogen) atoms. The lowest BCUT2D eigenvalue weighted by Crippen LogP contribution is -2.40. The van der Waals surface area contributed by atoms with Crippen LogP contribution in [0.2, 0.25) is 0 Å². The molecule has 0 aliphatic carbocycles. The first-order chi connectivity index (χ1) is 6.78. The molecule has 1 unspecified atom stereocenters. The van der Waals surface area contributed by atoms with Gasteiger partial charge in [-0.2, -0.15) is 8.42 Å². The monoisotopic (exact) mass is 233 g/mol. The van der Waals surface area contributed by atoms with Gasteiger partial charge in [0.2, 0.25) is 0 Å². The van der Waals surface area contributed by atoms with Crippen molar-refractivity contribution in [1.82, 2.24) is 4.90 Å². The molecular weight excluding hydrogens is 214 g/mol. The van der Waals surface area contributed by atoms with Crippen LogP contribution >= 0.6 is 0 Å². The lowest BCUT2D eigenvalue weighted by Gasteiger charge is -2.28. The summed E-state index contributed by atoms with van der Waals surface area (Å²) in [5.74, 6) is 2.80. The van der Waals surface area contributed by atoms with E-state index in [0.29, 0.717) is 6.54 Å². The van der Waals surface area contributed by atoms with Gasteiger partial charge in [0.15, 0.2) is 0 Å². The summed E-state index contributed by atoms with van der Waals surface area (Å²) in [5, 5.41) is 0. The number of terminal acetylenes is 1. The van der Waals surface area contributed by atoms with Gasteiger partial charge in [0.1, 0.15) is 0 Å². The van der Waals surface area contributed by atoms with Crippen LogP contribution in [-0.4, -0.2) is 45.8 Å². The summed E-state index contributed by atoms with van der Waals surface area (Å²) in [6, 6.07) is 0.00998. The van der Waals surface area contributed by atoms with E-state index in [0.717, 1.165) is 6.26 Å². The number of likely N-dealkylation sites (N-methyl/N-ethyl adjacent to an activating group) is 1. The average Bonchev–Trinajstić information content (AvgIpc) is 2.01. The topological polar surface area (TPSA) is 46.6 Å². The molecule has 0 spiro atoms. The van der Waals surface area contributed by atoms with Gasteiger partial charge in [-0.15, -0.1) is 6.42 Å². The molecule has 0 fully saturated rings. The quantitative estimate of drug-likeness (QED) is 0.496. The molecule has 0 rings (SSSR count). The van der Waals surface area contributed by atoms with Crippen molar-refractivity contribution in [3.8, 4) is 12.3 Å². The lowest BCUT2D eigenvalue weighted by atomic mass is 10.0. The molecule has 0 amide bonds. The van der Waals surface area contributed by atoms with Gasteiger partial charge in [-0.1, -0.05) is 19.8 Å². The van der Waals surface area contributed by atoms with Crippen molar-refractivity contribution in [2.75, 3.05) is 26.5 Å². The molecule has 0 saturated carbocycles. The molecule has 0 heterocycles. The van der Waals surface area contributed by atoms with Crippen LogP contribution in [0.25, 0.3) is 0 Å². The number of hydrogen-bond donors (Lipinski definition) is 0. The van der Waals surface area contributed by atoms with Crippen molar-refractivity contribution in [1.29, 1.82) is 0 Å². The Kier molecular flexibility index (Phi) is 5.88. The van der Waals surface area contributed by atoms with E-state index >= 15 is 0 Å². The third-order valence-corrected chi connectivity index (χ3v) is 2.69. The highest BCUT2D eigenvalue weighted by Gasteiger charge is 2.20. The van der Waals surface area contributed by atoms with Gasteiger partial charge < -0.3 is 0 Å². The van der Waals surface area contributed by atoms with Crippen LogP contribution in [0, 0.1) is 18.3 Å². The maximum Gasteiger partial charge on any atom is 0.264 e. The fraction of sp³-hybridized carbons (Fsp3) is 0.800. The second-order valence-electron chi connectivity index (χ2n) is 3.92. The fourth-order valence-corrected chi connectivity index (χ4v) is 1.67. The minimum Gasteiger partial charge on any atom is -0.290 e. The summed E-state index contributed by atoms with van der Waals surface area (Å²) < 4.78 is 26.5. The predicted octanol–water partition coefficient (Wildman–Crippen LogP) is 0.552. The summed E-state index contributed by atoms with van der Waals surface area (Å²) in [6.45, 7) is 4.64. The molecule has 0 aliphatic rings. The predicted molar refractivity (Wildman–Crippen MR) is 60.9 cm³/mol. The highest BCUT2D eigenvalue weighted by Crippen LogP contribution is 2.10. The molecule has 0 aromatic rings. The van der Waals surface area contributed by atoms with E-state index in [-0.39, 0.29) is 18.6 Å². The minimum atomic E-state index is -3.38. The number of hydrogen-bond acceptors (Lipinski definition) is 4. The molecular formula is C10H19NO3S. The Morgan fingerprint density at radius 2 is 2.00 bits per heavy atom. The van der Waals surface area contributed by atoms with Crippen molar-refractivity contribution in [2.45, 2.75) is 19.9 Å². The summed E-state index contributed by atoms with van der Waals surface area (Å²) in [4.78, 5) is 1.91.